The van der Waals surface area contributed by atoms with Crippen LogP contribution in [0.1, 0.15) is 73.1 Å². The van der Waals surface area contributed by atoms with E-state index in [0.29, 0.717) is 0 Å². The Balaban J connectivity index is 4.36. The minimum atomic E-state index is 0.0382. The third-order valence-corrected chi connectivity index (χ3v) is 3.53. The summed E-state index contributed by atoms with van der Waals surface area (Å²) in [6.45, 7) is 10.5. The van der Waals surface area contributed by atoms with E-state index in [2.05, 4.69) is 26.1 Å². The van der Waals surface area contributed by atoms with Crippen LogP contribution in [-0.2, 0) is 4.79 Å². The zero-order valence-electron chi connectivity index (χ0n) is 11.7. The maximum atomic E-state index is 11.8. The van der Waals surface area contributed by atoms with Crippen LogP contribution in [0.3, 0.4) is 0 Å². The van der Waals surface area contributed by atoms with E-state index in [1.54, 1.807) is 0 Å². The summed E-state index contributed by atoms with van der Waals surface area (Å²) >= 11 is 0. The van der Waals surface area contributed by atoms with Crippen molar-refractivity contribution in [2.45, 2.75) is 78.7 Å². The number of carbonyl (C=O) groups is 1. The van der Waals surface area contributed by atoms with E-state index in [4.69, 9.17) is 0 Å². The molecule has 0 spiro atoms. The molecule has 16 heavy (non-hydrogen) atoms. The van der Waals surface area contributed by atoms with Crippen molar-refractivity contribution in [3.05, 3.63) is 0 Å². The van der Waals surface area contributed by atoms with Crippen LogP contribution in [0.15, 0.2) is 0 Å². The number of carbonyl (C=O) groups excluding carboxylic acids is 1. The van der Waals surface area contributed by atoms with Gasteiger partial charge in [-0.05, 0) is 19.3 Å². The number of rotatable bonds is 8. The summed E-state index contributed by atoms with van der Waals surface area (Å²) < 4.78 is 0. The molecule has 0 aromatic rings. The molecule has 1 amide bonds. The normalized spacial score (nSPS) is 11.9. The second-order valence-corrected chi connectivity index (χ2v) is 5.09. The molecule has 0 unspecified atom stereocenters. The van der Waals surface area contributed by atoms with Gasteiger partial charge in [-0.2, -0.15) is 0 Å². The lowest BCUT2D eigenvalue weighted by Gasteiger charge is -2.34. The molecule has 0 fully saturated rings. The Morgan fingerprint density at radius 2 is 1.69 bits per heavy atom. The highest BCUT2D eigenvalue weighted by Gasteiger charge is 2.27. The molecule has 0 saturated heterocycles. The van der Waals surface area contributed by atoms with Gasteiger partial charge in [0, 0.05) is 11.5 Å². The van der Waals surface area contributed by atoms with Crippen LogP contribution < -0.4 is 5.32 Å². The van der Waals surface area contributed by atoms with Crippen molar-refractivity contribution in [2.75, 3.05) is 0 Å². The quantitative estimate of drug-likeness (QED) is 0.626. The zero-order chi connectivity index (χ0) is 12.6. The van der Waals surface area contributed by atoms with Crippen LogP contribution in [0.25, 0.3) is 0 Å². The fourth-order valence-electron chi connectivity index (χ4n) is 1.96. The Morgan fingerprint density at radius 3 is 2.06 bits per heavy atom. The van der Waals surface area contributed by atoms with Gasteiger partial charge in [-0.1, -0.05) is 53.9 Å². The van der Waals surface area contributed by atoms with E-state index < -0.39 is 0 Å². The smallest absolute Gasteiger partial charge is 0.222 e. The Labute approximate surface area is 101 Å². The first-order chi connectivity index (χ1) is 7.51. The summed E-state index contributed by atoms with van der Waals surface area (Å²) in [4.78, 5) is 11.8. The van der Waals surface area contributed by atoms with Gasteiger partial charge in [0.05, 0.1) is 0 Å². The van der Waals surface area contributed by atoms with E-state index in [9.17, 15) is 4.79 Å². The first kappa shape index (κ1) is 15.5. The highest BCUT2D eigenvalue weighted by molar-refractivity contribution is 5.78. The van der Waals surface area contributed by atoms with E-state index in [-0.39, 0.29) is 17.4 Å². The minimum absolute atomic E-state index is 0.0382. The lowest BCUT2D eigenvalue weighted by atomic mass is 9.86. The van der Waals surface area contributed by atoms with Crippen molar-refractivity contribution in [2.24, 2.45) is 5.92 Å². The van der Waals surface area contributed by atoms with Gasteiger partial charge >= 0.3 is 0 Å². The van der Waals surface area contributed by atoms with Gasteiger partial charge in [0.15, 0.2) is 0 Å². The molecule has 2 nitrogen and oxygen atoms in total. The second-order valence-electron chi connectivity index (χ2n) is 5.09. The molecule has 0 heterocycles. The van der Waals surface area contributed by atoms with Gasteiger partial charge in [-0.3, -0.25) is 4.79 Å². The number of unbranched alkanes of at least 4 members (excludes halogenated alkanes) is 2. The van der Waals surface area contributed by atoms with Crippen LogP contribution in [-0.4, -0.2) is 11.4 Å². The molecule has 96 valence electrons. The van der Waals surface area contributed by atoms with Crippen molar-refractivity contribution in [3.63, 3.8) is 0 Å². The van der Waals surface area contributed by atoms with Gasteiger partial charge in [0.1, 0.15) is 0 Å². The van der Waals surface area contributed by atoms with E-state index in [1.807, 2.05) is 13.8 Å². The van der Waals surface area contributed by atoms with Crippen molar-refractivity contribution < 1.29 is 4.79 Å². The maximum absolute atomic E-state index is 11.8. The largest absolute Gasteiger partial charge is 0.350 e. The summed E-state index contributed by atoms with van der Waals surface area (Å²) in [5.74, 6) is 0.281. The SMILES string of the molecule is CCCCCC(CC)(CC)NC(=O)C(C)C. The lowest BCUT2D eigenvalue weighted by Crippen LogP contribution is -2.49. The molecule has 0 aromatic carbocycles. The molecular formula is C14H29NO. The number of hydrogen-bond acceptors (Lipinski definition) is 1. The molecule has 0 aromatic heterocycles. The predicted molar refractivity (Wildman–Crippen MR) is 70.4 cm³/mol. The topological polar surface area (TPSA) is 29.1 Å². The molecular weight excluding hydrogens is 198 g/mol. The summed E-state index contributed by atoms with van der Waals surface area (Å²) in [6, 6.07) is 0. The Morgan fingerprint density at radius 1 is 1.12 bits per heavy atom. The molecule has 0 atom stereocenters. The van der Waals surface area contributed by atoms with Crippen LogP contribution in [0.4, 0.5) is 0 Å². The molecule has 0 radical (unpaired) electrons. The first-order valence-corrected chi connectivity index (χ1v) is 6.83. The average molecular weight is 227 g/mol. The molecule has 1 N–H and O–H groups in total. The number of amides is 1. The molecule has 0 aliphatic carbocycles. The van der Waals surface area contributed by atoms with Gasteiger partial charge in [0.25, 0.3) is 0 Å². The second kappa shape index (κ2) is 7.70. The van der Waals surface area contributed by atoms with Gasteiger partial charge in [0.2, 0.25) is 5.91 Å². The van der Waals surface area contributed by atoms with Crippen molar-refractivity contribution in [1.82, 2.24) is 5.32 Å². The molecule has 0 bridgehead atoms. The van der Waals surface area contributed by atoms with Crippen LogP contribution in [0.5, 0.6) is 0 Å². The van der Waals surface area contributed by atoms with Gasteiger partial charge < -0.3 is 5.32 Å². The lowest BCUT2D eigenvalue weighted by molar-refractivity contribution is -0.126. The Bertz CT molecular complexity index is 195. The first-order valence-electron chi connectivity index (χ1n) is 6.83. The summed E-state index contributed by atoms with van der Waals surface area (Å²) in [5, 5.41) is 3.25. The van der Waals surface area contributed by atoms with Crippen molar-refractivity contribution >= 4 is 5.91 Å². The number of hydrogen-bond donors (Lipinski definition) is 1. The fourth-order valence-corrected chi connectivity index (χ4v) is 1.96. The predicted octanol–water partition coefficient (Wildman–Crippen LogP) is 3.90. The fraction of sp³-hybridized carbons (Fsp3) is 0.929. The van der Waals surface area contributed by atoms with Crippen molar-refractivity contribution in [3.8, 4) is 0 Å². The molecule has 0 aliphatic rings. The summed E-state index contributed by atoms with van der Waals surface area (Å²) in [6.07, 6.45) is 6.90. The van der Waals surface area contributed by atoms with Gasteiger partial charge in [-0.25, -0.2) is 0 Å². The van der Waals surface area contributed by atoms with E-state index >= 15 is 0 Å². The zero-order valence-corrected chi connectivity index (χ0v) is 11.7. The van der Waals surface area contributed by atoms with Crippen LogP contribution in [0.2, 0.25) is 0 Å². The molecule has 0 rings (SSSR count). The highest BCUT2D eigenvalue weighted by atomic mass is 16.2. The maximum Gasteiger partial charge on any atom is 0.222 e. The number of nitrogens with one attached hydrogen (secondary N) is 1. The summed E-state index contributed by atoms with van der Waals surface area (Å²) in [5.41, 5.74) is 0.0382. The molecule has 0 aliphatic heterocycles. The van der Waals surface area contributed by atoms with E-state index in [1.165, 1.54) is 19.3 Å². The Kier molecular flexibility index (Phi) is 7.44. The third kappa shape index (κ3) is 5.00. The minimum Gasteiger partial charge on any atom is -0.350 e. The average Bonchev–Trinajstić information content (AvgIpc) is 2.27. The Hall–Kier alpha value is -0.530. The summed E-state index contributed by atoms with van der Waals surface area (Å²) in [7, 11) is 0. The molecule has 2 heteroatoms. The highest BCUT2D eigenvalue weighted by Crippen LogP contribution is 2.23. The third-order valence-electron chi connectivity index (χ3n) is 3.53. The van der Waals surface area contributed by atoms with Crippen LogP contribution in [0, 0.1) is 5.92 Å². The van der Waals surface area contributed by atoms with Crippen molar-refractivity contribution in [1.29, 1.82) is 0 Å². The monoisotopic (exact) mass is 227 g/mol. The molecule has 0 saturated carbocycles. The standard InChI is InChI=1S/C14H29NO/c1-6-9-10-11-14(7-2,8-3)15-13(16)12(4)5/h12H,6-11H2,1-5H3,(H,15,16). The van der Waals surface area contributed by atoms with Gasteiger partial charge in [-0.15, -0.1) is 0 Å². The van der Waals surface area contributed by atoms with Crippen LogP contribution >= 0.6 is 0 Å². The van der Waals surface area contributed by atoms with E-state index in [0.717, 1.165) is 19.3 Å².